The molecule has 0 spiro atoms. The summed E-state index contributed by atoms with van der Waals surface area (Å²) in [6, 6.07) is 27.8. The Morgan fingerprint density at radius 1 is 0.850 bits per heavy atom. The van der Waals surface area contributed by atoms with Crippen molar-refractivity contribution in [3.63, 3.8) is 0 Å². The average molecular weight is 528 g/mol. The molecule has 40 heavy (non-hydrogen) atoms. The van der Waals surface area contributed by atoms with E-state index in [0.29, 0.717) is 11.4 Å². The molecule has 1 aliphatic heterocycles. The van der Waals surface area contributed by atoms with Crippen LogP contribution in [0.5, 0.6) is 0 Å². The van der Waals surface area contributed by atoms with E-state index in [1.165, 1.54) is 17.0 Å². The number of benzene rings is 4. The monoisotopic (exact) mass is 527 g/mol. The van der Waals surface area contributed by atoms with Crippen LogP contribution in [0.1, 0.15) is 39.3 Å². The van der Waals surface area contributed by atoms with E-state index in [-0.39, 0.29) is 23.4 Å². The number of anilines is 1. The number of hydrogen-bond donors (Lipinski definition) is 0. The van der Waals surface area contributed by atoms with Gasteiger partial charge in [-0.15, -0.1) is 0 Å². The summed E-state index contributed by atoms with van der Waals surface area (Å²) in [6.45, 7) is 3.91. The number of hydrogen-bond acceptors (Lipinski definition) is 5. The summed E-state index contributed by atoms with van der Waals surface area (Å²) < 4.78 is 0. The van der Waals surface area contributed by atoms with Gasteiger partial charge in [-0.25, -0.2) is 4.90 Å². The fourth-order valence-corrected chi connectivity index (χ4v) is 7.18. The van der Waals surface area contributed by atoms with Crippen molar-refractivity contribution in [1.29, 1.82) is 0 Å². The lowest BCUT2D eigenvalue weighted by atomic mass is 9.47. The maximum atomic E-state index is 14.5. The van der Waals surface area contributed by atoms with Crippen LogP contribution >= 0.6 is 0 Å². The van der Waals surface area contributed by atoms with Crippen molar-refractivity contribution in [1.82, 2.24) is 0 Å². The molecule has 0 saturated carbocycles. The van der Waals surface area contributed by atoms with Gasteiger partial charge in [0, 0.05) is 24.3 Å². The number of carbonyl (C=O) groups excluding carboxylic acids is 2. The van der Waals surface area contributed by atoms with Crippen LogP contribution in [0.15, 0.2) is 96.0 Å². The maximum absolute atomic E-state index is 14.5. The first-order valence-corrected chi connectivity index (χ1v) is 13.3. The highest BCUT2D eigenvalue weighted by molar-refractivity contribution is 6.25. The second kappa shape index (κ2) is 8.55. The standard InChI is InChI=1S/C33H25N3O4/c1-19-11-16-27(20(2)17-19)35-31(37)29-28-23-7-3-5-9-25(23)33(30(29)32(35)38,26-10-6-4-8-24(26)28)18-34-21-12-14-22(15-13-21)36(39)40/h3-18,28-30H,1-2H3/t28?,29-,30+,33?/m1/s1. The number of nitro benzene ring substituents is 1. The first-order chi connectivity index (χ1) is 19.3. The van der Waals surface area contributed by atoms with Gasteiger partial charge in [0.2, 0.25) is 11.8 Å². The van der Waals surface area contributed by atoms with Crippen molar-refractivity contribution in [2.75, 3.05) is 4.90 Å². The van der Waals surface area contributed by atoms with Gasteiger partial charge < -0.3 is 0 Å². The predicted octanol–water partition coefficient (Wildman–Crippen LogP) is 6.16. The lowest BCUT2D eigenvalue weighted by Gasteiger charge is -2.52. The van der Waals surface area contributed by atoms with Crippen LogP contribution in [-0.2, 0) is 15.0 Å². The highest BCUT2D eigenvalue weighted by Gasteiger charge is 2.68. The van der Waals surface area contributed by atoms with Gasteiger partial charge in [-0.2, -0.15) is 0 Å². The Hall–Kier alpha value is -4.91. The minimum Gasteiger partial charge on any atom is -0.274 e. The third-order valence-electron chi connectivity index (χ3n) is 8.75. The van der Waals surface area contributed by atoms with Crippen LogP contribution in [0.25, 0.3) is 0 Å². The van der Waals surface area contributed by atoms with Crippen LogP contribution < -0.4 is 4.90 Å². The van der Waals surface area contributed by atoms with E-state index in [1.54, 1.807) is 18.3 Å². The largest absolute Gasteiger partial charge is 0.274 e. The molecule has 0 radical (unpaired) electrons. The van der Waals surface area contributed by atoms with Crippen LogP contribution in [0.3, 0.4) is 0 Å². The summed E-state index contributed by atoms with van der Waals surface area (Å²) in [7, 11) is 0. The smallest absolute Gasteiger partial charge is 0.269 e. The van der Waals surface area contributed by atoms with Crippen molar-refractivity contribution >= 4 is 35.1 Å². The van der Waals surface area contributed by atoms with E-state index in [2.05, 4.69) is 12.1 Å². The third kappa shape index (κ3) is 3.14. The van der Waals surface area contributed by atoms with Crippen LogP contribution in [-0.4, -0.2) is 23.0 Å². The Kier molecular flexibility index (Phi) is 5.16. The second-order valence-corrected chi connectivity index (χ2v) is 10.9. The Bertz CT molecular complexity index is 1730. The van der Waals surface area contributed by atoms with E-state index in [4.69, 9.17) is 4.99 Å². The van der Waals surface area contributed by atoms with Crippen molar-refractivity contribution < 1.29 is 14.5 Å². The van der Waals surface area contributed by atoms with Crippen LogP contribution in [0.2, 0.25) is 0 Å². The molecule has 1 fully saturated rings. The lowest BCUT2D eigenvalue weighted by Crippen LogP contribution is -2.54. The topological polar surface area (TPSA) is 92.9 Å². The summed E-state index contributed by atoms with van der Waals surface area (Å²) in [5.41, 5.74) is 6.06. The first kappa shape index (κ1) is 24.2. The van der Waals surface area contributed by atoms with Crippen molar-refractivity contribution in [2.45, 2.75) is 25.2 Å². The van der Waals surface area contributed by atoms with Gasteiger partial charge in [0.05, 0.1) is 33.5 Å². The van der Waals surface area contributed by atoms with Gasteiger partial charge in [0.1, 0.15) is 0 Å². The van der Waals surface area contributed by atoms with Crippen molar-refractivity contribution in [2.24, 2.45) is 16.8 Å². The van der Waals surface area contributed by atoms with Crippen LogP contribution in [0, 0.1) is 35.8 Å². The maximum Gasteiger partial charge on any atom is 0.269 e. The Labute approximate surface area is 231 Å². The molecule has 4 aliphatic rings. The van der Waals surface area contributed by atoms with Gasteiger partial charge in [0.25, 0.3) is 5.69 Å². The molecular formula is C33H25N3O4. The zero-order valence-electron chi connectivity index (χ0n) is 21.9. The summed E-state index contributed by atoms with van der Waals surface area (Å²) in [5, 5.41) is 11.2. The Morgan fingerprint density at radius 2 is 1.48 bits per heavy atom. The number of amides is 2. The summed E-state index contributed by atoms with van der Waals surface area (Å²) in [4.78, 5) is 45.7. The third-order valence-corrected chi connectivity index (χ3v) is 8.75. The lowest BCUT2D eigenvalue weighted by molar-refractivity contribution is -0.384. The normalized spacial score (nSPS) is 24.2. The molecule has 1 heterocycles. The average Bonchev–Trinajstić information content (AvgIpc) is 3.23. The highest BCUT2D eigenvalue weighted by atomic mass is 16.6. The SMILES string of the molecule is Cc1ccc(N2C(=O)[C@@H]3C4c5ccccc5C(C=Nc5ccc([N+](=O)[O-])cc5)(c5ccccc54)[C@@H]3C2=O)c(C)c1. The minimum atomic E-state index is -0.992. The number of aliphatic imine (C=N–C) groups is 1. The molecule has 1 saturated heterocycles. The van der Waals surface area contributed by atoms with E-state index in [9.17, 15) is 19.7 Å². The second-order valence-electron chi connectivity index (χ2n) is 10.9. The van der Waals surface area contributed by atoms with Gasteiger partial charge >= 0.3 is 0 Å². The predicted molar refractivity (Wildman–Crippen MR) is 152 cm³/mol. The summed E-state index contributed by atoms with van der Waals surface area (Å²) in [5.74, 6) is -1.94. The fraction of sp³-hybridized carbons (Fsp3) is 0.182. The molecule has 2 atom stereocenters. The quantitative estimate of drug-likeness (QED) is 0.137. The van der Waals surface area contributed by atoms with Gasteiger partial charge in [-0.3, -0.25) is 24.7 Å². The molecule has 0 N–H and O–H groups in total. The van der Waals surface area contributed by atoms with Crippen molar-refractivity contribution in [3.05, 3.63) is 134 Å². The van der Waals surface area contributed by atoms with Crippen molar-refractivity contribution in [3.8, 4) is 0 Å². The number of nitro groups is 1. The fourth-order valence-electron chi connectivity index (χ4n) is 7.18. The van der Waals surface area contributed by atoms with E-state index < -0.39 is 22.2 Å². The number of aryl methyl sites for hydroxylation is 2. The molecule has 7 nitrogen and oxygen atoms in total. The molecule has 2 bridgehead atoms. The number of non-ortho nitro benzene ring substituents is 1. The minimum absolute atomic E-state index is 0.0216. The molecule has 8 rings (SSSR count). The molecular weight excluding hydrogens is 502 g/mol. The zero-order valence-corrected chi connectivity index (χ0v) is 21.9. The number of rotatable bonds is 4. The molecule has 0 unspecified atom stereocenters. The molecule has 4 aromatic carbocycles. The molecule has 4 aromatic rings. The molecule has 3 aliphatic carbocycles. The molecule has 7 heteroatoms. The molecule has 2 amide bonds. The molecule has 0 aromatic heterocycles. The highest BCUT2D eigenvalue weighted by Crippen LogP contribution is 2.63. The summed E-state index contributed by atoms with van der Waals surface area (Å²) >= 11 is 0. The van der Waals surface area contributed by atoms with E-state index >= 15 is 0 Å². The van der Waals surface area contributed by atoms with Gasteiger partial charge in [0.15, 0.2) is 0 Å². The summed E-state index contributed by atoms with van der Waals surface area (Å²) in [6.07, 6.45) is 1.80. The number of imide groups is 1. The number of nitrogens with zero attached hydrogens (tertiary/aromatic N) is 3. The van der Waals surface area contributed by atoms with Crippen LogP contribution in [0.4, 0.5) is 17.1 Å². The Balaban J connectivity index is 1.47. The molecule has 196 valence electrons. The van der Waals surface area contributed by atoms with Gasteiger partial charge in [-0.05, 0) is 59.9 Å². The Morgan fingerprint density at radius 3 is 2.08 bits per heavy atom. The van der Waals surface area contributed by atoms with E-state index in [0.717, 1.165) is 33.4 Å². The van der Waals surface area contributed by atoms with Gasteiger partial charge in [-0.1, -0.05) is 66.2 Å². The van der Waals surface area contributed by atoms with E-state index in [1.807, 2.05) is 68.4 Å². The zero-order chi connectivity index (χ0) is 27.8. The first-order valence-electron chi connectivity index (χ1n) is 13.3. The number of carbonyl (C=O) groups is 2.